The van der Waals surface area contributed by atoms with Crippen LogP contribution in [0.25, 0.3) is 0 Å². The van der Waals surface area contributed by atoms with Gasteiger partial charge in [-0.15, -0.1) is 0 Å². The number of hydrogen-bond donors (Lipinski definition) is 5. The van der Waals surface area contributed by atoms with Crippen molar-refractivity contribution in [2.24, 2.45) is 11.5 Å². The number of amides is 1. The SMILES string of the molecule is CC(N)(CO)C(=O)Nc1ccc(S(=O)(=O)Nc2ccn(CCCCN3CCC(N)CC3)c(=O)n2)cc1. The van der Waals surface area contributed by atoms with E-state index in [0.717, 1.165) is 45.3 Å². The Morgan fingerprint density at radius 1 is 1.17 bits per heavy atom. The van der Waals surface area contributed by atoms with Crippen molar-refractivity contribution >= 4 is 27.4 Å². The third-order valence-corrected chi connectivity index (χ3v) is 7.51. The number of hydrogen-bond acceptors (Lipinski definition) is 9. The van der Waals surface area contributed by atoms with Crippen molar-refractivity contribution in [3.63, 3.8) is 0 Å². The third-order valence-electron chi connectivity index (χ3n) is 6.14. The average molecular weight is 522 g/mol. The predicted molar refractivity (Wildman–Crippen MR) is 137 cm³/mol. The molecule has 0 bridgehead atoms. The highest BCUT2D eigenvalue weighted by molar-refractivity contribution is 7.92. The zero-order chi connectivity index (χ0) is 26.3. The van der Waals surface area contributed by atoms with Gasteiger partial charge in [-0.2, -0.15) is 4.98 Å². The van der Waals surface area contributed by atoms with Crippen molar-refractivity contribution in [3.05, 3.63) is 47.0 Å². The molecule has 0 saturated carbocycles. The summed E-state index contributed by atoms with van der Waals surface area (Å²) in [5.41, 5.74) is 9.91. The van der Waals surface area contributed by atoms with Gasteiger partial charge in [-0.3, -0.25) is 14.1 Å². The molecule has 1 fully saturated rings. The molecule has 36 heavy (non-hydrogen) atoms. The Labute approximate surface area is 210 Å². The lowest BCUT2D eigenvalue weighted by Crippen LogP contribution is -2.51. The summed E-state index contributed by atoms with van der Waals surface area (Å²) < 4.78 is 29.2. The zero-order valence-corrected chi connectivity index (χ0v) is 21.2. The molecule has 7 N–H and O–H groups in total. The summed E-state index contributed by atoms with van der Waals surface area (Å²) in [6, 6.07) is 7.11. The van der Waals surface area contributed by atoms with Crippen LogP contribution < -0.4 is 27.2 Å². The molecule has 1 saturated heterocycles. The van der Waals surface area contributed by atoms with Gasteiger partial charge in [0, 0.05) is 24.5 Å². The molecule has 1 aromatic carbocycles. The van der Waals surface area contributed by atoms with Gasteiger partial charge in [0.1, 0.15) is 11.4 Å². The molecule has 0 aliphatic carbocycles. The lowest BCUT2D eigenvalue weighted by atomic mass is 10.0. The average Bonchev–Trinajstić information content (AvgIpc) is 2.84. The molecule has 3 rings (SSSR count). The summed E-state index contributed by atoms with van der Waals surface area (Å²) in [7, 11) is -4.01. The van der Waals surface area contributed by atoms with Crippen LogP contribution in [0.2, 0.25) is 0 Å². The van der Waals surface area contributed by atoms with E-state index in [0.29, 0.717) is 18.3 Å². The number of carbonyl (C=O) groups is 1. The Morgan fingerprint density at radius 2 is 1.81 bits per heavy atom. The Bertz CT molecular complexity index is 1190. The summed E-state index contributed by atoms with van der Waals surface area (Å²) >= 11 is 0. The number of aliphatic hydroxyl groups excluding tert-OH is 1. The van der Waals surface area contributed by atoms with Crippen molar-refractivity contribution in [3.8, 4) is 0 Å². The van der Waals surface area contributed by atoms with Crippen molar-refractivity contribution in [1.29, 1.82) is 0 Å². The lowest BCUT2D eigenvalue weighted by molar-refractivity contribution is -0.121. The number of nitrogens with two attached hydrogens (primary N) is 2. The van der Waals surface area contributed by atoms with E-state index in [1.807, 2.05) is 0 Å². The molecule has 1 aliphatic heterocycles. The second-order valence-electron chi connectivity index (χ2n) is 9.33. The number of piperidine rings is 1. The van der Waals surface area contributed by atoms with E-state index in [2.05, 4.69) is 19.9 Å². The van der Waals surface area contributed by atoms with Crippen LogP contribution in [0.5, 0.6) is 0 Å². The first-order valence-corrected chi connectivity index (χ1v) is 13.4. The third kappa shape index (κ3) is 7.58. The zero-order valence-electron chi connectivity index (χ0n) is 20.4. The fourth-order valence-corrected chi connectivity index (χ4v) is 4.71. The number of carbonyl (C=O) groups excluding carboxylic acids is 1. The molecular weight excluding hydrogens is 486 g/mol. The first-order valence-electron chi connectivity index (χ1n) is 11.9. The quantitative estimate of drug-likeness (QED) is 0.252. The Kier molecular flexibility index (Phi) is 9.19. The van der Waals surface area contributed by atoms with Crippen molar-refractivity contribution in [2.45, 2.75) is 55.6 Å². The molecule has 0 radical (unpaired) electrons. The van der Waals surface area contributed by atoms with E-state index in [1.54, 1.807) is 0 Å². The summed E-state index contributed by atoms with van der Waals surface area (Å²) in [5, 5.41) is 11.7. The maximum absolute atomic E-state index is 12.7. The summed E-state index contributed by atoms with van der Waals surface area (Å²) in [4.78, 5) is 30.6. The first kappa shape index (κ1) is 27.7. The van der Waals surface area contributed by atoms with Crippen LogP contribution >= 0.6 is 0 Å². The molecule has 0 spiro atoms. The number of aliphatic hydroxyl groups is 1. The smallest absolute Gasteiger partial charge is 0.349 e. The minimum absolute atomic E-state index is 0.0807. The van der Waals surface area contributed by atoms with Gasteiger partial charge in [-0.25, -0.2) is 13.2 Å². The molecule has 13 heteroatoms. The van der Waals surface area contributed by atoms with Crippen LogP contribution in [0.15, 0.2) is 46.2 Å². The van der Waals surface area contributed by atoms with Gasteiger partial charge in [0.25, 0.3) is 10.0 Å². The normalized spacial score (nSPS) is 16.9. The number of sulfonamides is 1. The number of nitrogens with zero attached hydrogens (tertiary/aromatic N) is 3. The highest BCUT2D eigenvalue weighted by Gasteiger charge is 2.27. The standard InChI is InChI=1S/C23H35N7O5S/c1-23(25,16-31)21(32)26-18-4-6-19(7-5-18)36(34,35)28-20-10-15-30(22(33)27-20)12-3-2-11-29-13-8-17(24)9-14-29/h4-7,10,15,17,31H,2-3,8-9,11-14,16,24-25H2,1H3,(H,26,32)(H,27,28,33). The first-order chi connectivity index (χ1) is 17.0. The van der Waals surface area contributed by atoms with Crippen LogP contribution in [0.3, 0.4) is 0 Å². The van der Waals surface area contributed by atoms with E-state index in [4.69, 9.17) is 11.5 Å². The molecule has 198 valence electrons. The van der Waals surface area contributed by atoms with E-state index >= 15 is 0 Å². The van der Waals surface area contributed by atoms with Crippen LogP contribution in [-0.2, 0) is 21.4 Å². The van der Waals surface area contributed by atoms with E-state index in [-0.39, 0.29) is 10.7 Å². The molecule has 1 unspecified atom stereocenters. The topological polar surface area (TPSA) is 186 Å². The minimum Gasteiger partial charge on any atom is -0.394 e. The molecule has 1 aliphatic rings. The number of aromatic nitrogens is 2. The number of nitrogens with one attached hydrogen (secondary N) is 2. The summed E-state index contributed by atoms with van der Waals surface area (Å²) in [6.07, 6.45) is 5.30. The van der Waals surface area contributed by atoms with E-state index < -0.39 is 33.8 Å². The van der Waals surface area contributed by atoms with Crippen LogP contribution in [0.4, 0.5) is 11.5 Å². The van der Waals surface area contributed by atoms with E-state index in [1.165, 1.54) is 48.0 Å². The number of aryl methyl sites for hydroxylation is 1. The Balaban J connectivity index is 1.53. The molecule has 2 aromatic rings. The van der Waals surface area contributed by atoms with Crippen LogP contribution in [0, 0.1) is 0 Å². The van der Waals surface area contributed by atoms with Gasteiger partial charge in [0.2, 0.25) is 5.91 Å². The van der Waals surface area contributed by atoms with Crippen molar-refractivity contribution in [1.82, 2.24) is 14.5 Å². The highest BCUT2D eigenvalue weighted by Crippen LogP contribution is 2.18. The van der Waals surface area contributed by atoms with Gasteiger partial charge in [0.05, 0.1) is 11.5 Å². The lowest BCUT2D eigenvalue weighted by Gasteiger charge is -2.29. The molecule has 12 nitrogen and oxygen atoms in total. The molecule has 1 aromatic heterocycles. The second-order valence-corrected chi connectivity index (χ2v) is 11.0. The van der Waals surface area contributed by atoms with Gasteiger partial charge < -0.3 is 26.8 Å². The second kappa shape index (κ2) is 11.9. The van der Waals surface area contributed by atoms with Gasteiger partial charge in [-0.1, -0.05) is 0 Å². The van der Waals surface area contributed by atoms with Crippen LogP contribution in [0.1, 0.15) is 32.6 Å². The number of benzene rings is 1. The summed E-state index contributed by atoms with van der Waals surface area (Å²) in [5.74, 6) is -0.695. The van der Waals surface area contributed by atoms with Crippen molar-refractivity contribution in [2.75, 3.05) is 36.3 Å². The van der Waals surface area contributed by atoms with E-state index in [9.17, 15) is 23.1 Å². The van der Waals surface area contributed by atoms with Gasteiger partial charge in [0.15, 0.2) is 0 Å². The summed E-state index contributed by atoms with van der Waals surface area (Å²) in [6.45, 7) is 4.30. The fourth-order valence-electron chi connectivity index (χ4n) is 3.71. The largest absolute Gasteiger partial charge is 0.394 e. The van der Waals surface area contributed by atoms with Gasteiger partial charge in [-0.05, 0) is 82.6 Å². The molecular formula is C23H35N7O5S. The minimum atomic E-state index is -4.01. The monoisotopic (exact) mass is 521 g/mol. The maximum Gasteiger partial charge on any atom is 0.349 e. The highest BCUT2D eigenvalue weighted by atomic mass is 32.2. The molecule has 2 heterocycles. The molecule has 1 amide bonds. The van der Waals surface area contributed by atoms with Gasteiger partial charge >= 0.3 is 5.69 Å². The number of anilines is 2. The maximum atomic E-state index is 12.7. The number of unbranched alkanes of at least 4 members (excludes halogenated alkanes) is 1. The number of likely N-dealkylation sites (tertiary alicyclic amines) is 1. The Morgan fingerprint density at radius 3 is 2.42 bits per heavy atom. The van der Waals surface area contributed by atoms with Crippen LogP contribution in [-0.4, -0.2) is 71.7 Å². The Hall–Kier alpha value is -2.84. The number of rotatable bonds is 11. The molecule has 1 atom stereocenters. The predicted octanol–water partition coefficient (Wildman–Crippen LogP) is -0.104. The van der Waals surface area contributed by atoms with Crippen molar-refractivity contribution < 1.29 is 18.3 Å². The fraction of sp³-hybridized carbons (Fsp3) is 0.522.